The molecule has 1 heterocycles. The molecule has 0 aliphatic rings. The van der Waals surface area contributed by atoms with E-state index in [1.54, 1.807) is 24.3 Å². The molecule has 7 heteroatoms. The van der Waals surface area contributed by atoms with Crippen LogP contribution in [0.15, 0.2) is 76.7 Å². The minimum atomic E-state index is -0.202. The van der Waals surface area contributed by atoms with E-state index >= 15 is 0 Å². The summed E-state index contributed by atoms with van der Waals surface area (Å²) in [6.07, 6.45) is 0. The van der Waals surface area contributed by atoms with E-state index in [0.717, 1.165) is 16.8 Å². The summed E-state index contributed by atoms with van der Waals surface area (Å²) >= 11 is 7.52. The van der Waals surface area contributed by atoms with Crippen molar-refractivity contribution in [1.82, 2.24) is 9.55 Å². The van der Waals surface area contributed by atoms with Gasteiger partial charge in [-0.1, -0.05) is 59.3 Å². The van der Waals surface area contributed by atoms with Gasteiger partial charge in [0.2, 0.25) is 5.91 Å². The zero-order valence-corrected chi connectivity index (χ0v) is 18.6. The van der Waals surface area contributed by atoms with Crippen LogP contribution in [0.4, 0.5) is 5.69 Å². The molecule has 4 rings (SSSR count). The quantitative estimate of drug-likeness (QED) is 0.328. The van der Waals surface area contributed by atoms with Crippen molar-refractivity contribution in [3.05, 3.63) is 93.2 Å². The first-order chi connectivity index (χ1) is 14.9. The molecule has 5 nitrogen and oxygen atoms in total. The first-order valence-corrected chi connectivity index (χ1v) is 11.1. The third kappa shape index (κ3) is 4.65. The average molecular weight is 450 g/mol. The fourth-order valence-electron chi connectivity index (χ4n) is 3.12. The van der Waals surface area contributed by atoms with E-state index in [1.807, 2.05) is 56.3 Å². The van der Waals surface area contributed by atoms with Crippen LogP contribution in [0, 0.1) is 13.8 Å². The minimum absolute atomic E-state index is 0.109. The predicted molar refractivity (Wildman–Crippen MR) is 128 cm³/mol. The largest absolute Gasteiger partial charge is 0.325 e. The number of carbonyl (C=O) groups excluding carboxylic acids is 1. The Labute approximate surface area is 189 Å². The molecular weight excluding hydrogens is 430 g/mol. The first-order valence-electron chi connectivity index (χ1n) is 9.70. The highest BCUT2D eigenvalue weighted by Crippen LogP contribution is 2.25. The summed E-state index contributed by atoms with van der Waals surface area (Å²) in [5.41, 5.74) is 3.76. The molecule has 1 aromatic heterocycles. The molecule has 4 aromatic rings. The number of nitrogens with zero attached hydrogens (tertiary/aromatic N) is 2. The maximum atomic E-state index is 13.3. The van der Waals surface area contributed by atoms with E-state index in [1.165, 1.54) is 16.3 Å². The van der Waals surface area contributed by atoms with E-state index in [4.69, 9.17) is 11.6 Å². The second-order valence-electron chi connectivity index (χ2n) is 7.19. The number of aromatic nitrogens is 2. The summed E-state index contributed by atoms with van der Waals surface area (Å²) in [7, 11) is 0. The molecule has 0 unspecified atom stereocenters. The number of amides is 1. The molecule has 0 saturated carbocycles. The lowest BCUT2D eigenvalue weighted by atomic mass is 10.2. The fraction of sp³-hybridized carbons (Fsp3) is 0.125. The van der Waals surface area contributed by atoms with Crippen LogP contribution >= 0.6 is 23.4 Å². The summed E-state index contributed by atoms with van der Waals surface area (Å²) in [4.78, 5) is 30.4. The van der Waals surface area contributed by atoms with Gasteiger partial charge in [-0.05, 0) is 55.8 Å². The Morgan fingerprint density at radius 3 is 2.55 bits per heavy atom. The number of thioether (sulfide) groups is 1. The van der Waals surface area contributed by atoms with Crippen LogP contribution in [0.5, 0.6) is 0 Å². The Hall–Kier alpha value is -3.09. The van der Waals surface area contributed by atoms with Gasteiger partial charge in [-0.2, -0.15) is 0 Å². The summed E-state index contributed by atoms with van der Waals surface area (Å²) < 4.78 is 1.51. The van der Waals surface area contributed by atoms with Crippen molar-refractivity contribution in [2.24, 2.45) is 0 Å². The summed E-state index contributed by atoms with van der Waals surface area (Å²) in [6, 6.07) is 20.2. The normalized spacial score (nSPS) is 10.9. The molecular formula is C24H20ClN3O2S. The van der Waals surface area contributed by atoms with Crippen molar-refractivity contribution in [3.8, 4) is 5.69 Å². The van der Waals surface area contributed by atoms with E-state index in [2.05, 4.69) is 10.3 Å². The van der Waals surface area contributed by atoms with Crippen molar-refractivity contribution >= 4 is 45.9 Å². The Balaban J connectivity index is 1.68. The summed E-state index contributed by atoms with van der Waals surface area (Å²) in [6.45, 7) is 3.89. The fourth-order valence-corrected chi connectivity index (χ4v) is 4.11. The number of anilines is 1. The predicted octanol–water partition coefficient (Wildman–Crippen LogP) is 5.39. The SMILES string of the molecule is Cc1ccc(NC(=O)CSc2nc3ccccc3c(=O)n2-c2ccc(C)c(Cl)c2)cc1. The third-order valence-corrected chi connectivity index (χ3v) is 6.17. The van der Waals surface area contributed by atoms with Gasteiger partial charge in [0.25, 0.3) is 5.56 Å². The number of carbonyl (C=O) groups is 1. The molecule has 0 spiro atoms. The van der Waals surface area contributed by atoms with Crippen LogP contribution in [-0.4, -0.2) is 21.2 Å². The Kier molecular flexibility index (Phi) is 6.11. The number of nitrogens with one attached hydrogen (secondary N) is 1. The van der Waals surface area contributed by atoms with Gasteiger partial charge < -0.3 is 5.32 Å². The number of para-hydroxylation sites is 1. The number of rotatable bonds is 5. The molecule has 0 atom stereocenters. The van der Waals surface area contributed by atoms with E-state index in [0.29, 0.717) is 26.8 Å². The highest BCUT2D eigenvalue weighted by molar-refractivity contribution is 7.99. The molecule has 1 amide bonds. The van der Waals surface area contributed by atoms with Gasteiger partial charge >= 0.3 is 0 Å². The Bertz CT molecular complexity index is 1330. The first kappa shape index (κ1) is 21.2. The highest BCUT2D eigenvalue weighted by atomic mass is 35.5. The van der Waals surface area contributed by atoms with Crippen molar-refractivity contribution < 1.29 is 4.79 Å². The molecule has 0 fully saturated rings. The molecule has 0 saturated heterocycles. The van der Waals surface area contributed by atoms with Gasteiger partial charge in [0.1, 0.15) is 0 Å². The Morgan fingerprint density at radius 1 is 1.06 bits per heavy atom. The summed E-state index contributed by atoms with van der Waals surface area (Å²) in [5.74, 6) is -0.0668. The number of aryl methyl sites for hydroxylation is 2. The lowest BCUT2D eigenvalue weighted by Crippen LogP contribution is -2.23. The number of fused-ring (bicyclic) bond motifs is 1. The van der Waals surface area contributed by atoms with Gasteiger partial charge in [-0.25, -0.2) is 4.98 Å². The average Bonchev–Trinajstić information content (AvgIpc) is 2.76. The zero-order chi connectivity index (χ0) is 22.0. The van der Waals surface area contributed by atoms with Crippen LogP contribution in [0.2, 0.25) is 5.02 Å². The standard InChI is InChI=1S/C24H20ClN3O2S/c1-15-7-10-17(11-8-15)26-22(29)14-31-24-27-21-6-4-3-5-19(21)23(30)28(24)18-12-9-16(2)20(25)13-18/h3-13H,14H2,1-2H3,(H,26,29). The summed E-state index contributed by atoms with van der Waals surface area (Å²) in [5, 5.41) is 4.37. The molecule has 1 N–H and O–H groups in total. The molecule has 0 bridgehead atoms. The topological polar surface area (TPSA) is 64.0 Å². The maximum absolute atomic E-state index is 13.3. The van der Waals surface area contributed by atoms with Crippen molar-refractivity contribution in [2.45, 2.75) is 19.0 Å². The lowest BCUT2D eigenvalue weighted by Gasteiger charge is -2.14. The second kappa shape index (κ2) is 8.96. The zero-order valence-electron chi connectivity index (χ0n) is 17.1. The molecule has 3 aromatic carbocycles. The maximum Gasteiger partial charge on any atom is 0.266 e. The van der Waals surface area contributed by atoms with Gasteiger partial charge in [-0.15, -0.1) is 0 Å². The molecule has 0 aliphatic carbocycles. The number of hydrogen-bond donors (Lipinski definition) is 1. The van der Waals surface area contributed by atoms with Crippen molar-refractivity contribution in [1.29, 1.82) is 0 Å². The number of halogens is 1. The van der Waals surface area contributed by atoms with Gasteiger partial charge in [0, 0.05) is 10.7 Å². The minimum Gasteiger partial charge on any atom is -0.325 e. The van der Waals surface area contributed by atoms with Gasteiger partial charge in [-0.3, -0.25) is 14.2 Å². The van der Waals surface area contributed by atoms with E-state index < -0.39 is 0 Å². The molecule has 156 valence electrons. The van der Waals surface area contributed by atoms with Crippen LogP contribution in [0.1, 0.15) is 11.1 Å². The van der Waals surface area contributed by atoms with E-state index in [-0.39, 0.29) is 17.2 Å². The van der Waals surface area contributed by atoms with Crippen LogP contribution in [0.3, 0.4) is 0 Å². The molecule has 31 heavy (non-hydrogen) atoms. The van der Waals surface area contributed by atoms with E-state index in [9.17, 15) is 9.59 Å². The monoisotopic (exact) mass is 449 g/mol. The van der Waals surface area contributed by atoms with Crippen LogP contribution < -0.4 is 10.9 Å². The second-order valence-corrected chi connectivity index (χ2v) is 8.54. The van der Waals surface area contributed by atoms with Gasteiger partial charge in [0.05, 0.1) is 22.3 Å². The van der Waals surface area contributed by atoms with Crippen molar-refractivity contribution in [2.75, 3.05) is 11.1 Å². The number of hydrogen-bond acceptors (Lipinski definition) is 4. The third-order valence-electron chi connectivity index (χ3n) is 4.83. The molecule has 0 aliphatic heterocycles. The lowest BCUT2D eigenvalue weighted by molar-refractivity contribution is -0.113. The Morgan fingerprint density at radius 2 is 1.81 bits per heavy atom. The van der Waals surface area contributed by atoms with Crippen LogP contribution in [0.25, 0.3) is 16.6 Å². The highest BCUT2D eigenvalue weighted by Gasteiger charge is 2.15. The smallest absolute Gasteiger partial charge is 0.266 e. The van der Waals surface area contributed by atoms with Crippen LogP contribution in [-0.2, 0) is 4.79 Å². The van der Waals surface area contributed by atoms with Crippen molar-refractivity contribution in [3.63, 3.8) is 0 Å². The number of benzene rings is 3. The van der Waals surface area contributed by atoms with Gasteiger partial charge in [0.15, 0.2) is 5.16 Å². The molecule has 0 radical (unpaired) electrons.